The third-order valence-corrected chi connectivity index (χ3v) is 9.20. The van der Waals surface area contributed by atoms with Crippen LogP contribution in [0.1, 0.15) is 31.7 Å². The largest absolute Gasteiger partial charge is 0.508 e. The lowest BCUT2D eigenvalue weighted by Gasteiger charge is -2.42. The molecule has 10 heteroatoms. The van der Waals surface area contributed by atoms with Crippen LogP contribution in [0.25, 0.3) is 6.08 Å². The number of hydrogen-bond acceptors (Lipinski definition) is 7. The number of phenols is 1. The molecule has 0 aromatic heterocycles. The summed E-state index contributed by atoms with van der Waals surface area (Å²) in [5.41, 5.74) is 5.59. The number of para-hydroxylation sites is 1. The number of nitrogens with zero attached hydrogens (tertiary/aromatic N) is 1. The first-order valence-electron chi connectivity index (χ1n) is 14.8. The van der Waals surface area contributed by atoms with Crippen LogP contribution in [-0.4, -0.2) is 46.9 Å². The minimum atomic E-state index is -1.09. The summed E-state index contributed by atoms with van der Waals surface area (Å²) in [5, 5.41) is 34.6. The molecule has 4 N–H and O–H groups in total. The molecule has 2 aliphatic heterocycles. The lowest BCUT2D eigenvalue weighted by Crippen LogP contribution is -2.46. The maximum absolute atomic E-state index is 14.0. The van der Waals surface area contributed by atoms with E-state index in [9.17, 15) is 24.8 Å². The summed E-state index contributed by atoms with van der Waals surface area (Å²) in [5.74, 6) is -2.13. The molecule has 2 fully saturated rings. The van der Waals surface area contributed by atoms with E-state index in [1.807, 2.05) is 55.5 Å². The van der Waals surface area contributed by atoms with Gasteiger partial charge in [-0.05, 0) is 110 Å². The number of rotatable bonds is 8. The molecule has 0 radical (unpaired) electrons. The average molecular weight is 613 g/mol. The third kappa shape index (κ3) is 5.93. The number of aliphatic hydroxyl groups is 1. The number of halogens is 1. The number of phenolic OH excluding ortho intramolecular Hbond substituents is 1. The van der Waals surface area contributed by atoms with Gasteiger partial charge in [0.25, 0.3) is 0 Å². The molecule has 3 aliphatic rings. The first-order chi connectivity index (χ1) is 21.2. The van der Waals surface area contributed by atoms with Gasteiger partial charge in [-0.3, -0.25) is 14.5 Å². The fourth-order valence-electron chi connectivity index (χ4n) is 6.88. The van der Waals surface area contributed by atoms with Crippen molar-refractivity contribution in [2.45, 2.75) is 38.6 Å². The van der Waals surface area contributed by atoms with Crippen molar-refractivity contribution >= 4 is 53.7 Å². The second-order valence-corrected chi connectivity index (χ2v) is 12.2. The Hall–Kier alpha value is -3.89. The molecule has 8 nitrogen and oxygen atoms in total. The molecule has 0 unspecified atom stereocenters. The molecule has 2 amide bonds. The number of aromatic hydroxyl groups is 1. The summed E-state index contributed by atoms with van der Waals surface area (Å²) < 4.78 is 6.00. The van der Waals surface area contributed by atoms with E-state index < -0.39 is 31.0 Å². The lowest BCUT2D eigenvalue weighted by atomic mass is 9.58. The van der Waals surface area contributed by atoms with Gasteiger partial charge in [0.1, 0.15) is 5.75 Å². The number of allylic oxidation sites excluding steroid dienone is 1. The molecule has 0 spiro atoms. The van der Waals surface area contributed by atoms with E-state index in [0.717, 1.165) is 28.1 Å². The summed E-state index contributed by atoms with van der Waals surface area (Å²) >= 11 is 6.28. The number of carbonyl (C=O) groups excluding carboxylic acids is 2. The van der Waals surface area contributed by atoms with Crippen molar-refractivity contribution < 1.29 is 29.5 Å². The van der Waals surface area contributed by atoms with Crippen molar-refractivity contribution in [2.75, 3.05) is 16.8 Å². The minimum Gasteiger partial charge on any atom is -0.508 e. The Labute approximate surface area is 261 Å². The van der Waals surface area contributed by atoms with Gasteiger partial charge in [0.2, 0.25) is 11.8 Å². The number of nitrogens with one attached hydrogen (secondary N) is 1. The van der Waals surface area contributed by atoms with Gasteiger partial charge in [0.15, 0.2) is 0 Å². The maximum Gasteiger partial charge on any atom is 0.455 e. The lowest BCUT2D eigenvalue weighted by molar-refractivity contribution is -0.122. The molecule has 44 heavy (non-hydrogen) atoms. The second-order valence-electron chi connectivity index (χ2n) is 11.8. The quantitative estimate of drug-likeness (QED) is 0.141. The zero-order chi connectivity index (χ0) is 31.0. The SMILES string of the molecule is C/C(=C\c1ccc(O)cc1Cl)CC[C@H]1OB(O)C[C@H]2C1=C(CO)C[C@H]1C(=O)N(c3ccc(Nc4ccccc4)cc3)C(=O)[C@H]12. The highest BCUT2D eigenvalue weighted by Crippen LogP contribution is 2.51. The van der Waals surface area contributed by atoms with Gasteiger partial charge in [-0.2, -0.15) is 0 Å². The first kappa shape index (κ1) is 30.2. The molecule has 4 atom stereocenters. The molecular weight excluding hydrogens is 579 g/mol. The van der Waals surface area contributed by atoms with Gasteiger partial charge in [-0.1, -0.05) is 41.4 Å². The third-order valence-electron chi connectivity index (χ3n) is 8.87. The Morgan fingerprint density at radius 3 is 2.48 bits per heavy atom. The molecule has 0 bridgehead atoms. The van der Waals surface area contributed by atoms with Crippen LogP contribution in [-0.2, 0) is 14.2 Å². The van der Waals surface area contributed by atoms with Crippen molar-refractivity contribution in [1.29, 1.82) is 0 Å². The van der Waals surface area contributed by atoms with Gasteiger partial charge in [-0.15, -0.1) is 0 Å². The summed E-state index contributed by atoms with van der Waals surface area (Å²) in [6.07, 6.45) is 3.01. The predicted molar refractivity (Wildman–Crippen MR) is 172 cm³/mol. The summed E-state index contributed by atoms with van der Waals surface area (Å²) in [6, 6.07) is 21.7. The standard InChI is InChI=1S/C34H34BClN2O6/c1-20(15-21-8-13-26(40)17-29(21)36)7-14-30-31-22(19-39)16-27-32(28(31)18-35(43)44-30)34(42)38(33(27)41)25-11-9-24(10-12-25)37-23-5-3-2-4-6-23/h2-6,8-13,15,17,27-28,30,32,37,39-40,43H,7,14,16,18-19H2,1H3/b20-15+/t27-,28+,30-,32-/m1/s1. The van der Waals surface area contributed by atoms with Gasteiger partial charge >= 0.3 is 7.12 Å². The van der Waals surface area contributed by atoms with E-state index in [1.165, 1.54) is 11.0 Å². The van der Waals surface area contributed by atoms with Gasteiger partial charge < -0.3 is 25.2 Å². The number of aliphatic hydroxyl groups excluding tert-OH is 1. The van der Waals surface area contributed by atoms with E-state index >= 15 is 0 Å². The number of hydrogen-bond donors (Lipinski definition) is 4. The van der Waals surface area contributed by atoms with E-state index in [1.54, 1.807) is 24.3 Å². The number of anilines is 3. The van der Waals surface area contributed by atoms with Crippen molar-refractivity contribution in [1.82, 2.24) is 0 Å². The number of fused-ring (bicyclic) bond motifs is 3. The molecule has 1 aliphatic carbocycles. The van der Waals surface area contributed by atoms with Crippen molar-refractivity contribution in [3.63, 3.8) is 0 Å². The van der Waals surface area contributed by atoms with Crippen LogP contribution in [0.5, 0.6) is 5.75 Å². The van der Waals surface area contributed by atoms with Gasteiger partial charge in [-0.25, -0.2) is 0 Å². The fraction of sp³-hybridized carbons (Fsp3) is 0.294. The molecule has 226 valence electrons. The number of amides is 2. The van der Waals surface area contributed by atoms with Crippen molar-refractivity contribution in [2.24, 2.45) is 17.8 Å². The molecule has 3 aromatic carbocycles. The first-order valence-corrected chi connectivity index (χ1v) is 15.2. The van der Waals surface area contributed by atoms with E-state index in [2.05, 4.69) is 5.32 Å². The number of benzene rings is 3. The van der Waals surface area contributed by atoms with Crippen LogP contribution < -0.4 is 10.2 Å². The highest BCUT2D eigenvalue weighted by molar-refractivity contribution is 6.43. The zero-order valence-electron chi connectivity index (χ0n) is 24.3. The van der Waals surface area contributed by atoms with Gasteiger partial charge in [0.05, 0.1) is 35.3 Å². The molecule has 2 saturated heterocycles. The molecule has 0 saturated carbocycles. The summed E-state index contributed by atoms with van der Waals surface area (Å²) in [7, 11) is -1.09. The summed E-state index contributed by atoms with van der Waals surface area (Å²) in [6.45, 7) is 1.72. The molecule has 6 rings (SSSR count). The van der Waals surface area contributed by atoms with Crippen LogP contribution in [0.2, 0.25) is 11.3 Å². The van der Waals surface area contributed by atoms with Crippen LogP contribution in [0.15, 0.2) is 89.5 Å². The Kier molecular flexibility index (Phi) is 8.65. The number of carbonyl (C=O) groups is 2. The van der Waals surface area contributed by atoms with Gasteiger partial charge in [0, 0.05) is 11.4 Å². The van der Waals surface area contributed by atoms with Crippen LogP contribution in [0, 0.1) is 17.8 Å². The molecule has 2 heterocycles. The van der Waals surface area contributed by atoms with Crippen LogP contribution in [0.3, 0.4) is 0 Å². The van der Waals surface area contributed by atoms with E-state index in [4.69, 9.17) is 16.3 Å². The zero-order valence-corrected chi connectivity index (χ0v) is 25.1. The number of imide groups is 1. The highest BCUT2D eigenvalue weighted by atomic mass is 35.5. The van der Waals surface area contributed by atoms with E-state index in [-0.39, 0.29) is 36.9 Å². The highest BCUT2D eigenvalue weighted by Gasteiger charge is 2.57. The maximum atomic E-state index is 14.0. The van der Waals surface area contributed by atoms with Crippen molar-refractivity contribution in [3.8, 4) is 5.75 Å². The fourth-order valence-corrected chi connectivity index (χ4v) is 7.11. The average Bonchev–Trinajstić information content (AvgIpc) is 3.26. The van der Waals surface area contributed by atoms with Crippen molar-refractivity contribution in [3.05, 3.63) is 100 Å². The Balaban J connectivity index is 1.22. The van der Waals surface area contributed by atoms with Crippen LogP contribution >= 0.6 is 11.6 Å². The predicted octanol–water partition coefficient (Wildman–Crippen LogP) is 5.97. The monoisotopic (exact) mass is 612 g/mol. The Bertz CT molecular complexity index is 1630. The smallest absolute Gasteiger partial charge is 0.455 e. The second kappa shape index (κ2) is 12.6. The van der Waals surface area contributed by atoms with Crippen LogP contribution in [0.4, 0.5) is 17.1 Å². The minimum absolute atomic E-state index is 0.0927. The Morgan fingerprint density at radius 1 is 1.05 bits per heavy atom. The topological polar surface area (TPSA) is 119 Å². The van der Waals surface area contributed by atoms with E-state index in [0.29, 0.717) is 29.1 Å². The summed E-state index contributed by atoms with van der Waals surface area (Å²) in [4.78, 5) is 28.9. The molecular formula is C34H34BClN2O6. The molecule has 3 aromatic rings. The Morgan fingerprint density at radius 2 is 1.77 bits per heavy atom. The normalized spacial score (nSPS) is 23.6.